The first-order valence-electron chi connectivity index (χ1n) is 7.76. The zero-order valence-corrected chi connectivity index (χ0v) is 13.8. The Morgan fingerprint density at radius 3 is 2.70 bits per heavy atom. The predicted octanol–water partition coefficient (Wildman–Crippen LogP) is 2.12. The van der Waals surface area contributed by atoms with Crippen molar-refractivity contribution in [1.29, 1.82) is 0 Å². The molecule has 23 heavy (non-hydrogen) atoms. The van der Waals surface area contributed by atoms with Crippen LogP contribution in [0.2, 0.25) is 0 Å². The van der Waals surface area contributed by atoms with Crippen LogP contribution < -0.4 is 10.1 Å². The smallest absolute Gasteiger partial charge is 0.241 e. The van der Waals surface area contributed by atoms with Crippen molar-refractivity contribution >= 4 is 15.7 Å². The summed E-state index contributed by atoms with van der Waals surface area (Å²) in [4.78, 5) is 12.6. The lowest BCUT2D eigenvalue weighted by atomic mass is 9.83. The summed E-state index contributed by atoms with van der Waals surface area (Å²) < 4.78 is 41.7. The lowest BCUT2D eigenvalue weighted by Gasteiger charge is -2.39. The highest BCUT2D eigenvalue weighted by Gasteiger charge is 2.53. The molecular formula is C16H20FNO4S. The first-order valence-corrected chi connectivity index (χ1v) is 9.65. The zero-order valence-electron chi connectivity index (χ0n) is 13.0. The summed E-state index contributed by atoms with van der Waals surface area (Å²) in [5.74, 6) is -0.439. The quantitative estimate of drug-likeness (QED) is 0.914. The molecule has 126 valence electrons. The number of ether oxygens (including phenoxy) is 1. The largest absolute Gasteiger partial charge is 0.493 e. The molecule has 1 amide bonds. The Hall–Kier alpha value is -1.63. The third kappa shape index (κ3) is 2.82. The molecule has 1 atom stereocenters. The normalized spacial score (nSPS) is 23.0. The van der Waals surface area contributed by atoms with Crippen molar-refractivity contribution in [3.05, 3.63) is 29.6 Å². The van der Waals surface area contributed by atoms with Crippen molar-refractivity contribution in [3.63, 3.8) is 0 Å². The van der Waals surface area contributed by atoms with E-state index in [1.807, 2.05) is 0 Å². The van der Waals surface area contributed by atoms with E-state index >= 15 is 0 Å². The first-order chi connectivity index (χ1) is 10.8. The van der Waals surface area contributed by atoms with Gasteiger partial charge in [0.1, 0.15) is 16.3 Å². The Bertz CT molecular complexity index is 728. The minimum atomic E-state index is -3.47. The second-order valence-electron chi connectivity index (χ2n) is 6.32. The molecule has 1 fully saturated rings. The van der Waals surface area contributed by atoms with E-state index in [0.717, 1.165) is 12.7 Å². The van der Waals surface area contributed by atoms with Crippen LogP contribution >= 0.6 is 0 Å². The average molecular weight is 341 g/mol. The zero-order chi connectivity index (χ0) is 16.7. The van der Waals surface area contributed by atoms with Gasteiger partial charge in [0.15, 0.2) is 9.84 Å². The fraction of sp³-hybridized carbons (Fsp3) is 0.562. The number of amides is 1. The number of halogens is 1. The van der Waals surface area contributed by atoms with E-state index in [2.05, 4.69) is 5.32 Å². The summed E-state index contributed by atoms with van der Waals surface area (Å²) in [6, 6.07) is 3.85. The molecule has 7 heteroatoms. The standard InChI is InChI=1S/C16H20FNO4S/c1-23(20,21)16(7-3-8-16)15(19)18-13-4-2-9-22-14-10-11(17)5-6-12(13)14/h5-6,10,13H,2-4,7-9H2,1H3,(H,18,19)/t13-/m0/s1. The Morgan fingerprint density at radius 2 is 2.09 bits per heavy atom. The van der Waals surface area contributed by atoms with Crippen LogP contribution in [0.1, 0.15) is 43.7 Å². The molecule has 1 saturated carbocycles. The predicted molar refractivity (Wildman–Crippen MR) is 83.4 cm³/mol. The number of rotatable bonds is 3. The highest BCUT2D eigenvalue weighted by atomic mass is 32.2. The molecule has 1 aromatic rings. The SMILES string of the molecule is CS(=O)(=O)C1(C(=O)N[C@H]2CCCOc3cc(F)ccc32)CCC1. The van der Waals surface area contributed by atoms with Crippen molar-refractivity contribution < 1.29 is 22.3 Å². The molecule has 0 spiro atoms. The molecule has 2 aliphatic rings. The molecule has 0 aromatic heterocycles. The van der Waals surface area contributed by atoms with Crippen LogP contribution in [-0.4, -0.2) is 31.9 Å². The van der Waals surface area contributed by atoms with Gasteiger partial charge in [0.05, 0.1) is 12.6 Å². The van der Waals surface area contributed by atoms with Gasteiger partial charge in [0.25, 0.3) is 0 Å². The highest BCUT2D eigenvalue weighted by molar-refractivity contribution is 7.93. The van der Waals surface area contributed by atoms with Gasteiger partial charge in [-0.3, -0.25) is 4.79 Å². The van der Waals surface area contributed by atoms with E-state index in [-0.39, 0.29) is 6.04 Å². The molecule has 0 radical (unpaired) electrons. The number of hydrogen-bond acceptors (Lipinski definition) is 4. The lowest BCUT2D eigenvalue weighted by molar-refractivity contribution is -0.126. The molecule has 3 rings (SSSR count). The first kappa shape index (κ1) is 16.2. The van der Waals surface area contributed by atoms with Gasteiger partial charge >= 0.3 is 0 Å². The fourth-order valence-electron chi connectivity index (χ4n) is 3.25. The van der Waals surface area contributed by atoms with Gasteiger partial charge in [-0.05, 0) is 38.2 Å². The maximum Gasteiger partial charge on any atom is 0.241 e. The number of carbonyl (C=O) groups is 1. The number of hydrogen-bond donors (Lipinski definition) is 1. The van der Waals surface area contributed by atoms with Crippen molar-refractivity contribution in [2.75, 3.05) is 12.9 Å². The molecular weight excluding hydrogens is 321 g/mol. The molecule has 0 unspecified atom stereocenters. The van der Waals surface area contributed by atoms with Crippen LogP contribution in [0.25, 0.3) is 0 Å². The lowest BCUT2D eigenvalue weighted by Crippen LogP contribution is -2.57. The number of benzene rings is 1. The summed E-state index contributed by atoms with van der Waals surface area (Å²) in [5.41, 5.74) is 0.695. The Morgan fingerprint density at radius 1 is 1.35 bits per heavy atom. The van der Waals surface area contributed by atoms with E-state index in [1.54, 1.807) is 6.07 Å². The van der Waals surface area contributed by atoms with Gasteiger partial charge < -0.3 is 10.1 Å². The maximum atomic E-state index is 13.4. The average Bonchev–Trinajstić information content (AvgIpc) is 2.57. The maximum absolute atomic E-state index is 13.4. The van der Waals surface area contributed by atoms with E-state index in [1.165, 1.54) is 12.1 Å². The van der Waals surface area contributed by atoms with E-state index < -0.39 is 26.3 Å². The van der Waals surface area contributed by atoms with Crippen molar-refractivity contribution in [1.82, 2.24) is 5.32 Å². The van der Waals surface area contributed by atoms with E-state index in [9.17, 15) is 17.6 Å². The topological polar surface area (TPSA) is 72.5 Å². The van der Waals surface area contributed by atoms with Gasteiger partial charge in [0, 0.05) is 17.9 Å². The van der Waals surface area contributed by atoms with Gasteiger partial charge in [0.2, 0.25) is 5.91 Å². The van der Waals surface area contributed by atoms with Gasteiger partial charge in [-0.25, -0.2) is 12.8 Å². The summed E-state index contributed by atoms with van der Waals surface area (Å²) in [6.07, 6.45) is 3.90. The monoisotopic (exact) mass is 341 g/mol. The van der Waals surface area contributed by atoms with Crippen LogP contribution in [0, 0.1) is 5.82 Å². The van der Waals surface area contributed by atoms with E-state index in [4.69, 9.17) is 4.74 Å². The Balaban J connectivity index is 1.87. The van der Waals surface area contributed by atoms with Crippen LogP contribution in [-0.2, 0) is 14.6 Å². The van der Waals surface area contributed by atoms with E-state index in [0.29, 0.717) is 43.6 Å². The molecule has 1 aliphatic carbocycles. The van der Waals surface area contributed by atoms with Crippen molar-refractivity contribution in [2.24, 2.45) is 0 Å². The number of carbonyl (C=O) groups excluding carboxylic acids is 1. The number of sulfone groups is 1. The van der Waals surface area contributed by atoms with Crippen LogP contribution in [0.5, 0.6) is 5.75 Å². The molecule has 1 aliphatic heterocycles. The second kappa shape index (κ2) is 5.78. The summed E-state index contributed by atoms with van der Waals surface area (Å²) in [5, 5.41) is 2.86. The van der Waals surface area contributed by atoms with Crippen LogP contribution in [0.15, 0.2) is 18.2 Å². The van der Waals surface area contributed by atoms with Crippen molar-refractivity contribution in [2.45, 2.75) is 42.9 Å². The van der Waals surface area contributed by atoms with Gasteiger partial charge in [-0.1, -0.05) is 6.07 Å². The third-order valence-corrected chi connectivity index (χ3v) is 6.85. The molecule has 0 saturated heterocycles. The van der Waals surface area contributed by atoms with Crippen LogP contribution in [0.3, 0.4) is 0 Å². The Kier molecular flexibility index (Phi) is 4.08. The molecule has 1 heterocycles. The molecule has 5 nitrogen and oxygen atoms in total. The number of fused-ring (bicyclic) bond motifs is 1. The Labute approximate surface area is 135 Å². The highest BCUT2D eigenvalue weighted by Crippen LogP contribution is 2.40. The minimum absolute atomic E-state index is 0.358. The van der Waals surface area contributed by atoms with Gasteiger partial charge in [-0.15, -0.1) is 0 Å². The molecule has 1 aromatic carbocycles. The summed E-state index contributed by atoms with van der Waals surface area (Å²) >= 11 is 0. The van der Waals surface area contributed by atoms with Crippen LogP contribution in [0.4, 0.5) is 4.39 Å². The molecule has 1 N–H and O–H groups in total. The van der Waals surface area contributed by atoms with Crippen molar-refractivity contribution in [3.8, 4) is 5.75 Å². The number of nitrogens with one attached hydrogen (secondary N) is 1. The third-order valence-electron chi connectivity index (χ3n) is 4.84. The second-order valence-corrected chi connectivity index (χ2v) is 8.64. The summed E-state index contributed by atoms with van der Waals surface area (Å²) in [6.45, 7) is 0.444. The summed E-state index contributed by atoms with van der Waals surface area (Å²) in [7, 11) is -3.47. The molecule has 0 bridgehead atoms. The fourth-order valence-corrected chi connectivity index (χ4v) is 4.68. The van der Waals surface area contributed by atoms with Gasteiger partial charge in [-0.2, -0.15) is 0 Å². The minimum Gasteiger partial charge on any atom is -0.493 e.